The lowest BCUT2D eigenvalue weighted by atomic mass is 9.75. The molecule has 0 aromatic heterocycles. The van der Waals surface area contributed by atoms with Gasteiger partial charge in [-0.25, -0.2) is 0 Å². The average molecular weight is 294 g/mol. The molecule has 0 aliphatic heterocycles. The van der Waals surface area contributed by atoms with Crippen LogP contribution < -0.4 is 5.32 Å². The predicted molar refractivity (Wildman–Crippen MR) is 88.6 cm³/mol. The first kappa shape index (κ1) is 15.9. The zero-order chi connectivity index (χ0) is 14.4. The molecule has 2 heteroatoms. The Bertz CT molecular complexity index is 398. The molecule has 2 rings (SSSR count). The molecule has 0 heterocycles. The highest BCUT2D eigenvalue weighted by Gasteiger charge is 2.32. The topological polar surface area (TPSA) is 12.0 Å². The SMILES string of the molecule is CCCCC(CCC)NC1CC(c2ccccc2Cl)C1. The molecule has 0 bridgehead atoms. The molecule has 0 radical (unpaired) electrons. The van der Waals surface area contributed by atoms with E-state index in [-0.39, 0.29) is 0 Å². The van der Waals surface area contributed by atoms with Crippen molar-refractivity contribution in [3.8, 4) is 0 Å². The molecule has 0 spiro atoms. The Morgan fingerprint density at radius 2 is 1.90 bits per heavy atom. The maximum absolute atomic E-state index is 6.28. The van der Waals surface area contributed by atoms with Gasteiger partial charge in [0.2, 0.25) is 0 Å². The lowest BCUT2D eigenvalue weighted by molar-refractivity contribution is 0.251. The molecule has 0 saturated heterocycles. The van der Waals surface area contributed by atoms with Crippen molar-refractivity contribution in [2.75, 3.05) is 0 Å². The van der Waals surface area contributed by atoms with Crippen LogP contribution in [0.2, 0.25) is 5.02 Å². The van der Waals surface area contributed by atoms with Gasteiger partial charge in [-0.15, -0.1) is 0 Å². The van der Waals surface area contributed by atoms with Crippen LogP contribution >= 0.6 is 11.6 Å². The van der Waals surface area contributed by atoms with E-state index in [0.29, 0.717) is 12.0 Å². The molecule has 1 aliphatic rings. The number of halogens is 1. The highest BCUT2D eigenvalue weighted by atomic mass is 35.5. The van der Waals surface area contributed by atoms with Gasteiger partial charge < -0.3 is 5.32 Å². The zero-order valence-corrected chi connectivity index (χ0v) is 13.6. The zero-order valence-electron chi connectivity index (χ0n) is 12.9. The van der Waals surface area contributed by atoms with Gasteiger partial charge in [0, 0.05) is 17.1 Å². The van der Waals surface area contributed by atoms with Crippen molar-refractivity contribution in [1.82, 2.24) is 5.32 Å². The molecule has 1 saturated carbocycles. The van der Waals surface area contributed by atoms with E-state index in [2.05, 4.69) is 31.3 Å². The smallest absolute Gasteiger partial charge is 0.0440 e. The Morgan fingerprint density at radius 1 is 1.15 bits per heavy atom. The number of hydrogen-bond donors (Lipinski definition) is 1. The maximum Gasteiger partial charge on any atom is 0.0440 e. The molecule has 1 fully saturated rings. The van der Waals surface area contributed by atoms with Gasteiger partial charge in [-0.2, -0.15) is 0 Å². The molecule has 0 amide bonds. The fourth-order valence-corrected chi connectivity index (χ4v) is 3.55. The van der Waals surface area contributed by atoms with Crippen LogP contribution in [0.3, 0.4) is 0 Å². The molecule has 1 aromatic rings. The van der Waals surface area contributed by atoms with Crippen LogP contribution in [-0.4, -0.2) is 12.1 Å². The van der Waals surface area contributed by atoms with Gasteiger partial charge in [0.15, 0.2) is 0 Å². The second-order valence-corrected chi connectivity index (χ2v) is 6.59. The third-order valence-corrected chi connectivity index (χ3v) is 4.84. The normalized spacial score (nSPS) is 23.4. The van der Waals surface area contributed by atoms with E-state index in [1.54, 1.807) is 0 Å². The highest BCUT2D eigenvalue weighted by Crippen LogP contribution is 2.40. The molecule has 1 N–H and O–H groups in total. The lowest BCUT2D eigenvalue weighted by Crippen LogP contribution is -2.45. The summed E-state index contributed by atoms with van der Waals surface area (Å²) in [7, 11) is 0. The van der Waals surface area contributed by atoms with E-state index in [4.69, 9.17) is 11.6 Å². The van der Waals surface area contributed by atoms with Crippen LogP contribution in [0.5, 0.6) is 0 Å². The van der Waals surface area contributed by atoms with Crippen LogP contribution in [-0.2, 0) is 0 Å². The lowest BCUT2D eigenvalue weighted by Gasteiger charge is -2.39. The van der Waals surface area contributed by atoms with E-state index < -0.39 is 0 Å². The van der Waals surface area contributed by atoms with E-state index in [1.807, 2.05) is 12.1 Å². The summed E-state index contributed by atoms with van der Waals surface area (Å²) >= 11 is 6.28. The molecule has 1 aromatic carbocycles. The Morgan fingerprint density at radius 3 is 2.55 bits per heavy atom. The number of hydrogen-bond acceptors (Lipinski definition) is 1. The Hall–Kier alpha value is -0.530. The van der Waals surface area contributed by atoms with Crippen LogP contribution in [0, 0.1) is 0 Å². The van der Waals surface area contributed by atoms with Gasteiger partial charge in [-0.05, 0) is 43.2 Å². The van der Waals surface area contributed by atoms with Gasteiger partial charge in [-0.3, -0.25) is 0 Å². The molecule has 1 atom stereocenters. The molecule has 1 unspecified atom stereocenters. The van der Waals surface area contributed by atoms with Crippen molar-refractivity contribution in [1.29, 1.82) is 0 Å². The molecule has 1 nitrogen and oxygen atoms in total. The highest BCUT2D eigenvalue weighted by molar-refractivity contribution is 6.31. The summed E-state index contributed by atoms with van der Waals surface area (Å²) in [4.78, 5) is 0. The minimum Gasteiger partial charge on any atom is -0.311 e. The third kappa shape index (κ3) is 4.23. The summed E-state index contributed by atoms with van der Waals surface area (Å²) < 4.78 is 0. The van der Waals surface area contributed by atoms with E-state index in [0.717, 1.165) is 11.1 Å². The third-order valence-electron chi connectivity index (χ3n) is 4.50. The first-order chi connectivity index (χ1) is 9.74. The quantitative estimate of drug-likeness (QED) is 0.664. The summed E-state index contributed by atoms with van der Waals surface area (Å²) in [5.41, 5.74) is 1.34. The van der Waals surface area contributed by atoms with Crippen molar-refractivity contribution >= 4 is 11.6 Å². The van der Waals surface area contributed by atoms with Crippen molar-refractivity contribution in [3.05, 3.63) is 34.9 Å². The monoisotopic (exact) mass is 293 g/mol. The second-order valence-electron chi connectivity index (χ2n) is 6.18. The molecule has 112 valence electrons. The van der Waals surface area contributed by atoms with Crippen LogP contribution in [0.25, 0.3) is 0 Å². The van der Waals surface area contributed by atoms with Crippen LogP contribution in [0.1, 0.15) is 70.3 Å². The Balaban J connectivity index is 1.79. The van der Waals surface area contributed by atoms with E-state index in [1.165, 1.54) is 50.5 Å². The van der Waals surface area contributed by atoms with Gasteiger partial charge >= 0.3 is 0 Å². The van der Waals surface area contributed by atoms with Gasteiger partial charge in [0.25, 0.3) is 0 Å². The standard InChI is InChI=1S/C18H28ClN/c1-3-5-9-15(8-4-2)20-16-12-14(13-16)17-10-6-7-11-18(17)19/h6-7,10-11,14-16,20H,3-5,8-9,12-13H2,1-2H3. The van der Waals surface area contributed by atoms with Crippen molar-refractivity contribution in [3.63, 3.8) is 0 Å². The molecular formula is C18H28ClN. The van der Waals surface area contributed by atoms with Gasteiger partial charge in [-0.1, -0.05) is 62.9 Å². The van der Waals surface area contributed by atoms with E-state index >= 15 is 0 Å². The number of nitrogens with one attached hydrogen (secondary N) is 1. The summed E-state index contributed by atoms with van der Waals surface area (Å²) in [6.45, 7) is 4.56. The number of unbranched alkanes of at least 4 members (excludes halogenated alkanes) is 1. The fourth-order valence-electron chi connectivity index (χ4n) is 3.26. The largest absolute Gasteiger partial charge is 0.311 e. The summed E-state index contributed by atoms with van der Waals surface area (Å²) in [6.07, 6.45) is 9.06. The summed E-state index contributed by atoms with van der Waals surface area (Å²) in [6, 6.07) is 9.73. The average Bonchev–Trinajstić information content (AvgIpc) is 2.40. The maximum atomic E-state index is 6.28. The van der Waals surface area contributed by atoms with Crippen LogP contribution in [0.15, 0.2) is 24.3 Å². The van der Waals surface area contributed by atoms with Crippen molar-refractivity contribution in [2.24, 2.45) is 0 Å². The molecular weight excluding hydrogens is 266 g/mol. The summed E-state index contributed by atoms with van der Waals surface area (Å²) in [5, 5.41) is 4.80. The summed E-state index contributed by atoms with van der Waals surface area (Å²) in [5.74, 6) is 0.662. The van der Waals surface area contributed by atoms with Crippen molar-refractivity contribution < 1.29 is 0 Å². The minimum atomic E-state index is 0.662. The number of rotatable bonds is 8. The van der Waals surface area contributed by atoms with Gasteiger partial charge in [0.05, 0.1) is 0 Å². The fraction of sp³-hybridized carbons (Fsp3) is 0.667. The van der Waals surface area contributed by atoms with Crippen LogP contribution in [0.4, 0.5) is 0 Å². The second kappa shape index (κ2) is 8.05. The van der Waals surface area contributed by atoms with Gasteiger partial charge in [0.1, 0.15) is 0 Å². The predicted octanol–water partition coefficient (Wildman–Crippen LogP) is 5.53. The Kier molecular flexibility index (Phi) is 6.38. The minimum absolute atomic E-state index is 0.662. The van der Waals surface area contributed by atoms with E-state index in [9.17, 15) is 0 Å². The first-order valence-corrected chi connectivity index (χ1v) is 8.62. The molecule has 20 heavy (non-hydrogen) atoms. The first-order valence-electron chi connectivity index (χ1n) is 8.25. The Labute approximate surface area is 129 Å². The molecule has 1 aliphatic carbocycles. The van der Waals surface area contributed by atoms with Crippen molar-refractivity contribution in [2.45, 2.75) is 76.8 Å². The number of benzene rings is 1.